The van der Waals surface area contributed by atoms with E-state index in [0.29, 0.717) is 0 Å². The standard InChI is InChI=1S/C14H29NOS/c1-3-13-6-8-14(16,9-7-13)12-15-10-5-11-17-4-2/h13,15-16H,3-12H2,1-2H3. The molecule has 0 amide bonds. The third kappa shape index (κ3) is 6.12. The van der Waals surface area contributed by atoms with E-state index in [1.165, 1.54) is 37.2 Å². The maximum Gasteiger partial charge on any atom is 0.0771 e. The van der Waals surface area contributed by atoms with Gasteiger partial charge in [0, 0.05) is 6.54 Å². The summed E-state index contributed by atoms with van der Waals surface area (Å²) in [5, 5.41) is 13.8. The normalized spacial score (nSPS) is 29.5. The van der Waals surface area contributed by atoms with Crippen molar-refractivity contribution in [3.63, 3.8) is 0 Å². The summed E-state index contributed by atoms with van der Waals surface area (Å²) in [5.74, 6) is 3.30. The van der Waals surface area contributed by atoms with Gasteiger partial charge in [-0.2, -0.15) is 11.8 Å². The average molecular weight is 259 g/mol. The molecule has 0 aliphatic heterocycles. The lowest BCUT2D eigenvalue weighted by Gasteiger charge is -2.36. The first kappa shape index (κ1) is 15.3. The Hall–Kier alpha value is 0.270. The molecule has 0 bridgehead atoms. The Labute approximate surface area is 111 Å². The van der Waals surface area contributed by atoms with Crippen LogP contribution in [0.2, 0.25) is 0 Å². The van der Waals surface area contributed by atoms with Crippen LogP contribution in [0.15, 0.2) is 0 Å². The number of hydrogen-bond donors (Lipinski definition) is 2. The van der Waals surface area contributed by atoms with Gasteiger partial charge in [0.25, 0.3) is 0 Å². The summed E-state index contributed by atoms with van der Waals surface area (Å²) in [6, 6.07) is 0. The Morgan fingerprint density at radius 1 is 1.29 bits per heavy atom. The summed E-state index contributed by atoms with van der Waals surface area (Å²) < 4.78 is 0. The van der Waals surface area contributed by atoms with Crippen LogP contribution in [0.5, 0.6) is 0 Å². The molecule has 1 fully saturated rings. The maximum absolute atomic E-state index is 10.4. The number of aliphatic hydroxyl groups is 1. The summed E-state index contributed by atoms with van der Waals surface area (Å²) in [5.41, 5.74) is -0.413. The lowest BCUT2D eigenvalue weighted by Crippen LogP contribution is -2.43. The van der Waals surface area contributed by atoms with Gasteiger partial charge in [0.05, 0.1) is 5.60 Å². The van der Waals surface area contributed by atoms with Gasteiger partial charge in [-0.15, -0.1) is 0 Å². The highest BCUT2D eigenvalue weighted by Gasteiger charge is 2.31. The Morgan fingerprint density at radius 3 is 2.59 bits per heavy atom. The van der Waals surface area contributed by atoms with Gasteiger partial charge < -0.3 is 10.4 Å². The second-order valence-corrected chi connectivity index (χ2v) is 6.70. The fraction of sp³-hybridized carbons (Fsp3) is 1.00. The summed E-state index contributed by atoms with van der Waals surface area (Å²) in [6.07, 6.45) is 6.88. The monoisotopic (exact) mass is 259 g/mol. The lowest BCUT2D eigenvalue weighted by atomic mass is 9.78. The zero-order chi connectivity index (χ0) is 12.6. The molecular formula is C14H29NOS. The molecule has 0 aromatic carbocycles. The molecule has 1 saturated carbocycles. The van der Waals surface area contributed by atoms with Gasteiger partial charge in [-0.1, -0.05) is 20.3 Å². The van der Waals surface area contributed by atoms with E-state index in [1.807, 2.05) is 11.8 Å². The van der Waals surface area contributed by atoms with E-state index in [1.54, 1.807) is 0 Å². The molecule has 0 heterocycles. The zero-order valence-electron chi connectivity index (χ0n) is 11.5. The second kappa shape index (κ2) is 8.39. The van der Waals surface area contributed by atoms with Crippen molar-refractivity contribution in [2.45, 2.75) is 58.0 Å². The maximum atomic E-state index is 10.4. The van der Waals surface area contributed by atoms with Gasteiger partial charge in [0.1, 0.15) is 0 Å². The van der Waals surface area contributed by atoms with Gasteiger partial charge in [-0.25, -0.2) is 0 Å². The van der Waals surface area contributed by atoms with Crippen molar-refractivity contribution in [2.75, 3.05) is 24.6 Å². The van der Waals surface area contributed by atoms with Crippen LogP contribution in [0, 0.1) is 5.92 Å². The molecule has 3 heteroatoms. The third-order valence-corrected chi connectivity index (χ3v) is 4.90. The molecule has 0 aromatic rings. The van der Waals surface area contributed by atoms with Crippen LogP contribution in [0.25, 0.3) is 0 Å². The van der Waals surface area contributed by atoms with E-state index in [-0.39, 0.29) is 0 Å². The molecule has 0 saturated heterocycles. The molecule has 102 valence electrons. The van der Waals surface area contributed by atoms with Crippen LogP contribution < -0.4 is 5.32 Å². The predicted octanol–water partition coefficient (Wildman–Crippen LogP) is 3.05. The molecular weight excluding hydrogens is 230 g/mol. The Morgan fingerprint density at radius 2 is 2.00 bits per heavy atom. The minimum absolute atomic E-state index is 0.413. The largest absolute Gasteiger partial charge is 0.389 e. The van der Waals surface area contributed by atoms with Crippen molar-refractivity contribution in [1.82, 2.24) is 5.32 Å². The van der Waals surface area contributed by atoms with Gasteiger partial charge >= 0.3 is 0 Å². The first-order valence-electron chi connectivity index (χ1n) is 7.21. The highest BCUT2D eigenvalue weighted by atomic mass is 32.2. The van der Waals surface area contributed by atoms with Crippen molar-refractivity contribution >= 4 is 11.8 Å². The summed E-state index contributed by atoms with van der Waals surface area (Å²) in [6.45, 7) is 6.30. The van der Waals surface area contributed by atoms with Crippen molar-refractivity contribution < 1.29 is 5.11 Å². The van der Waals surface area contributed by atoms with Gasteiger partial charge in [-0.05, 0) is 56.1 Å². The van der Waals surface area contributed by atoms with E-state index in [2.05, 4.69) is 19.2 Å². The zero-order valence-corrected chi connectivity index (χ0v) is 12.3. The molecule has 0 aromatic heterocycles. The van der Waals surface area contributed by atoms with Crippen molar-refractivity contribution in [3.05, 3.63) is 0 Å². The fourth-order valence-electron chi connectivity index (χ4n) is 2.56. The molecule has 1 rings (SSSR count). The summed E-state index contributed by atoms with van der Waals surface area (Å²) in [7, 11) is 0. The topological polar surface area (TPSA) is 32.3 Å². The molecule has 2 N–H and O–H groups in total. The first-order chi connectivity index (χ1) is 8.20. The third-order valence-electron chi connectivity index (χ3n) is 3.91. The Balaban J connectivity index is 2.06. The fourth-order valence-corrected chi connectivity index (χ4v) is 3.20. The molecule has 0 atom stereocenters. The van der Waals surface area contributed by atoms with Crippen LogP contribution in [0.1, 0.15) is 52.4 Å². The number of nitrogens with one attached hydrogen (secondary N) is 1. The van der Waals surface area contributed by atoms with Crippen LogP contribution >= 0.6 is 11.8 Å². The van der Waals surface area contributed by atoms with Crippen LogP contribution in [-0.4, -0.2) is 35.3 Å². The number of rotatable bonds is 8. The van der Waals surface area contributed by atoms with E-state index in [0.717, 1.165) is 31.8 Å². The van der Waals surface area contributed by atoms with Gasteiger partial charge in [-0.3, -0.25) is 0 Å². The molecule has 1 aliphatic rings. The predicted molar refractivity (Wildman–Crippen MR) is 77.7 cm³/mol. The Bertz CT molecular complexity index is 191. The molecule has 17 heavy (non-hydrogen) atoms. The minimum Gasteiger partial charge on any atom is -0.389 e. The second-order valence-electron chi connectivity index (χ2n) is 5.30. The average Bonchev–Trinajstić information content (AvgIpc) is 2.35. The SMILES string of the molecule is CCSCCCNCC1(O)CCC(CC)CC1. The Kier molecular flexibility index (Phi) is 7.56. The summed E-state index contributed by atoms with van der Waals surface area (Å²) in [4.78, 5) is 0. The number of thioether (sulfide) groups is 1. The van der Waals surface area contributed by atoms with Crippen molar-refractivity contribution in [1.29, 1.82) is 0 Å². The van der Waals surface area contributed by atoms with E-state index >= 15 is 0 Å². The van der Waals surface area contributed by atoms with Crippen molar-refractivity contribution in [2.24, 2.45) is 5.92 Å². The van der Waals surface area contributed by atoms with E-state index < -0.39 is 5.60 Å². The van der Waals surface area contributed by atoms with Crippen LogP contribution in [-0.2, 0) is 0 Å². The summed E-state index contributed by atoms with van der Waals surface area (Å²) >= 11 is 1.99. The van der Waals surface area contributed by atoms with E-state index in [9.17, 15) is 5.11 Å². The molecule has 0 spiro atoms. The molecule has 0 unspecified atom stereocenters. The highest BCUT2D eigenvalue weighted by molar-refractivity contribution is 7.99. The minimum atomic E-state index is -0.413. The van der Waals surface area contributed by atoms with E-state index in [4.69, 9.17) is 0 Å². The molecule has 1 aliphatic carbocycles. The quantitative estimate of drug-likeness (QED) is 0.657. The first-order valence-corrected chi connectivity index (χ1v) is 8.36. The van der Waals surface area contributed by atoms with Gasteiger partial charge in [0.2, 0.25) is 0 Å². The van der Waals surface area contributed by atoms with Crippen LogP contribution in [0.3, 0.4) is 0 Å². The highest BCUT2D eigenvalue weighted by Crippen LogP contribution is 2.33. The lowest BCUT2D eigenvalue weighted by molar-refractivity contribution is -0.00837. The number of hydrogen-bond acceptors (Lipinski definition) is 3. The molecule has 2 nitrogen and oxygen atoms in total. The van der Waals surface area contributed by atoms with Gasteiger partial charge in [0.15, 0.2) is 0 Å². The smallest absolute Gasteiger partial charge is 0.0771 e. The van der Waals surface area contributed by atoms with Crippen molar-refractivity contribution in [3.8, 4) is 0 Å². The van der Waals surface area contributed by atoms with Crippen LogP contribution in [0.4, 0.5) is 0 Å². The molecule has 0 radical (unpaired) electrons.